The molecule has 0 aromatic heterocycles. The summed E-state index contributed by atoms with van der Waals surface area (Å²) in [5, 5.41) is 0. The Labute approximate surface area is 152 Å². The van der Waals surface area contributed by atoms with E-state index in [4.69, 9.17) is 14.2 Å². The molecule has 1 heterocycles. The molecule has 0 atom stereocenters. The van der Waals surface area contributed by atoms with E-state index in [1.54, 1.807) is 0 Å². The van der Waals surface area contributed by atoms with Crippen molar-refractivity contribution in [2.75, 3.05) is 19.8 Å². The first-order valence-electron chi connectivity index (χ1n) is 9.11. The Balaban J connectivity index is 1.84. The average Bonchev–Trinajstić information content (AvgIpc) is 2.82. The zero-order valence-corrected chi connectivity index (χ0v) is 16.5. The summed E-state index contributed by atoms with van der Waals surface area (Å²) in [6, 6.07) is 6.14. The first-order chi connectivity index (χ1) is 11.7. The van der Waals surface area contributed by atoms with Gasteiger partial charge in [0.2, 0.25) is 0 Å². The van der Waals surface area contributed by atoms with Crippen LogP contribution in [0.5, 0.6) is 11.5 Å². The minimum Gasteiger partial charge on any atom is -0.492 e. The van der Waals surface area contributed by atoms with E-state index in [-0.39, 0.29) is 11.0 Å². The summed E-state index contributed by atoms with van der Waals surface area (Å²) in [5.74, 6) is 1.79. The average molecular weight is 344 g/mol. The highest BCUT2D eigenvalue weighted by molar-refractivity contribution is 5.47. The van der Waals surface area contributed by atoms with Gasteiger partial charge in [-0.1, -0.05) is 37.6 Å². The molecule has 25 heavy (non-hydrogen) atoms. The summed E-state index contributed by atoms with van der Waals surface area (Å²) in [4.78, 5) is 0. The van der Waals surface area contributed by atoms with E-state index in [1.165, 1.54) is 11.1 Å². The van der Waals surface area contributed by atoms with E-state index in [9.17, 15) is 0 Å². The second kappa shape index (κ2) is 8.09. The van der Waals surface area contributed by atoms with Crippen LogP contribution in [0.3, 0.4) is 0 Å². The van der Waals surface area contributed by atoms with Gasteiger partial charge in [0.15, 0.2) is 0 Å². The Morgan fingerprint density at radius 2 is 2.08 bits per heavy atom. The minimum absolute atomic E-state index is 0.0877. The Hall–Kier alpha value is -1.74. The number of hydrogen-bond acceptors (Lipinski definition) is 3. The SMILES string of the molecule is CCOC(C)(C)CC=CC(C)=CCOc1ccc2c(c1)OCC2(C)C. The van der Waals surface area contributed by atoms with Gasteiger partial charge in [-0.15, -0.1) is 0 Å². The number of hydrogen-bond donors (Lipinski definition) is 0. The van der Waals surface area contributed by atoms with Crippen LogP contribution >= 0.6 is 0 Å². The zero-order valence-electron chi connectivity index (χ0n) is 16.5. The molecule has 0 amide bonds. The van der Waals surface area contributed by atoms with Gasteiger partial charge in [-0.3, -0.25) is 0 Å². The molecule has 0 bridgehead atoms. The van der Waals surface area contributed by atoms with Gasteiger partial charge < -0.3 is 14.2 Å². The van der Waals surface area contributed by atoms with Crippen molar-refractivity contribution in [3.63, 3.8) is 0 Å². The van der Waals surface area contributed by atoms with Gasteiger partial charge in [-0.25, -0.2) is 0 Å². The molecule has 0 fully saturated rings. The Morgan fingerprint density at radius 3 is 2.80 bits per heavy atom. The molecule has 138 valence electrons. The highest BCUT2D eigenvalue weighted by Gasteiger charge is 2.31. The third-order valence-electron chi connectivity index (χ3n) is 4.45. The van der Waals surface area contributed by atoms with Crippen molar-refractivity contribution in [1.82, 2.24) is 0 Å². The summed E-state index contributed by atoms with van der Waals surface area (Å²) in [5.41, 5.74) is 2.42. The molecule has 0 radical (unpaired) electrons. The van der Waals surface area contributed by atoms with E-state index in [2.05, 4.69) is 58.9 Å². The molecule has 1 aromatic rings. The van der Waals surface area contributed by atoms with Gasteiger partial charge in [0.25, 0.3) is 0 Å². The van der Waals surface area contributed by atoms with Crippen LogP contribution in [0.25, 0.3) is 0 Å². The molecule has 0 N–H and O–H groups in total. The molecule has 0 aliphatic carbocycles. The second-order valence-electron chi connectivity index (χ2n) is 7.89. The largest absolute Gasteiger partial charge is 0.492 e. The number of ether oxygens (including phenoxy) is 3. The maximum absolute atomic E-state index is 5.84. The van der Waals surface area contributed by atoms with E-state index in [0.29, 0.717) is 6.61 Å². The maximum atomic E-state index is 5.84. The molecular formula is C22H32O3. The summed E-state index contributed by atoms with van der Waals surface area (Å²) in [6.45, 7) is 14.8. The van der Waals surface area contributed by atoms with Crippen molar-refractivity contribution in [2.24, 2.45) is 0 Å². The number of rotatable bonds is 8. The first kappa shape index (κ1) is 19.6. The maximum Gasteiger partial charge on any atom is 0.126 e. The highest BCUT2D eigenvalue weighted by atomic mass is 16.5. The monoisotopic (exact) mass is 344 g/mol. The molecule has 3 heteroatoms. The molecule has 1 aliphatic rings. The lowest BCUT2D eigenvalue weighted by molar-refractivity contribution is -0.00732. The van der Waals surface area contributed by atoms with Crippen molar-refractivity contribution in [1.29, 1.82) is 0 Å². The quantitative estimate of drug-likeness (QED) is 0.587. The van der Waals surface area contributed by atoms with Crippen molar-refractivity contribution in [3.8, 4) is 11.5 Å². The lowest BCUT2D eigenvalue weighted by atomic mass is 9.87. The molecule has 0 unspecified atom stereocenters. The fraction of sp³-hybridized carbons (Fsp3) is 0.545. The van der Waals surface area contributed by atoms with Gasteiger partial charge in [-0.2, -0.15) is 0 Å². The lowest BCUT2D eigenvalue weighted by Crippen LogP contribution is -2.23. The molecule has 0 spiro atoms. The smallest absolute Gasteiger partial charge is 0.126 e. The molecule has 3 nitrogen and oxygen atoms in total. The van der Waals surface area contributed by atoms with E-state index in [1.807, 2.05) is 19.1 Å². The molecule has 2 rings (SSSR count). The van der Waals surface area contributed by atoms with Gasteiger partial charge in [0, 0.05) is 23.7 Å². The summed E-state index contributed by atoms with van der Waals surface area (Å²) in [6.07, 6.45) is 7.26. The van der Waals surface area contributed by atoms with Crippen molar-refractivity contribution in [2.45, 2.75) is 59.0 Å². The van der Waals surface area contributed by atoms with Gasteiger partial charge in [-0.05, 0) is 46.3 Å². The normalized spacial score (nSPS) is 16.8. The zero-order chi connectivity index (χ0) is 18.5. The predicted molar refractivity (Wildman–Crippen MR) is 104 cm³/mol. The first-order valence-corrected chi connectivity index (χ1v) is 9.11. The van der Waals surface area contributed by atoms with Crippen LogP contribution < -0.4 is 9.47 Å². The van der Waals surface area contributed by atoms with Crippen LogP contribution in [0, 0.1) is 0 Å². The van der Waals surface area contributed by atoms with Crippen molar-refractivity contribution < 1.29 is 14.2 Å². The van der Waals surface area contributed by atoms with E-state index in [0.717, 1.165) is 31.1 Å². The van der Waals surface area contributed by atoms with Crippen LogP contribution in [0.2, 0.25) is 0 Å². The predicted octanol–water partition coefficient (Wildman–Crippen LogP) is 5.44. The van der Waals surface area contributed by atoms with Gasteiger partial charge in [0.1, 0.15) is 18.1 Å². The molecular weight excluding hydrogens is 312 g/mol. The second-order valence-corrected chi connectivity index (χ2v) is 7.89. The molecule has 1 aromatic carbocycles. The number of fused-ring (bicyclic) bond motifs is 1. The Morgan fingerprint density at radius 1 is 1.32 bits per heavy atom. The van der Waals surface area contributed by atoms with Crippen LogP contribution in [0.15, 0.2) is 42.0 Å². The number of benzene rings is 1. The van der Waals surface area contributed by atoms with Crippen molar-refractivity contribution in [3.05, 3.63) is 47.6 Å². The fourth-order valence-electron chi connectivity index (χ4n) is 2.92. The Kier molecular flexibility index (Phi) is 6.34. The van der Waals surface area contributed by atoms with Crippen molar-refractivity contribution >= 4 is 0 Å². The standard InChI is InChI=1S/C22H32O3/c1-7-25-22(5,6)13-8-9-17(2)12-14-23-18-10-11-19-20(15-18)24-16-21(19,3)4/h8-12,15H,7,13-14,16H2,1-6H3. The molecule has 0 saturated carbocycles. The molecule has 0 saturated heterocycles. The van der Waals surface area contributed by atoms with Crippen LogP contribution in [0.1, 0.15) is 53.5 Å². The summed E-state index contributed by atoms with van der Waals surface area (Å²) < 4.78 is 17.3. The van der Waals surface area contributed by atoms with Crippen LogP contribution in [-0.2, 0) is 10.2 Å². The van der Waals surface area contributed by atoms with E-state index >= 15 is 0 Å². The fourth-order valence-corrected chi connectivity index (χ4v) is 2.92. The third kappa shape index (κ3) is 5.64. The lowest BCUT2D eigenvalue weighted by Gasteiger charge is -2.22. The van der Waals surface area contributed by atoms with Crippen LogP contribution in [0.4, 0.5) is 0 Å². The summed E-state index contributed by atoms with van der Waals surface area (Å²) >= 11 is 0. The summed E-state index contributed by atoms with van der Waals surface area (Å²) in [7, 11) is 0. The minimum atomic E-state index is -0.111. The number of allylic oxidation sites excluding steroid dienone is 2. The van der Waals surface area contributed by atoms with E-state index < -0.39 is 0 Å². The third-order valence-corrected chi connectivity index (χ3v) is 4.45. The van der Waals surface area contributed by atoms with Gasteiger partial charge in [0.05, 0.1) is 12.2 Å². The van der Waals surface area contributed by atoms with Crippen LogP contribution in [-0.4, -0.2) is 25.4 Å². The molecule has 1 aliphatic heterocycles. The van der Waals surface area contributed by atoms with Gasteiger partial charge >= 0.3 is 0 Å². The topological polar surface area (TPSA) is 27.7 Å². The highest BCUT2D eigenvalue weighted by Crippen LogP contribution is 2.40. The Bertz CT molecular complexity index is 639.